The third-order valence-electron chi connectivity index (χ3n) is 2.92. The summed E-state index contributed by atoms with van der Waals surface area (Å²) in [5, 5.41) is 21.1. The van der Waals surface area contributed by atoms with E-state index in [1.54, 1.807) is 12.1 Å². The van der Waals surface area contributed by atoms with Crippen molar-refractivity contribution in [1.82, 2.24) is 4.90 Å². The van der Waals surface area contributed by atoms with Crippen molar-refractivity contribution >= 4 is 5.71 Å². The second kappa shape index (κ2) is 4.99. The van der Waals surface area contributed by atoms with E-state index in [2.05, 4.69) is 10.1 Å². The van der Waals surface area contributed by atoms with Gasteiger partial charge in [-0.25, -0.2) is 0 Å². The van der Waals surface area contributed by atoms with Crippen LogP contribution in [-0.2, 0) is 6.54 Å². The summed E-state index contributed by atoms with van der Waals surface area (Å²) in [5.41, 5.74) is 2.09. The molecule has 0 atom stereocenters. The molecular weight excluding hydrogens is 204 g/mol. The van der Waals surface area contributed by atoms with Gasteiger partial charge in [0.15, 0.2) is 0 Å². The molecule has 0 spiro atoms. The topological polar surface area (TPSA) is 56.1 Å². The standard InChI is InChI=1S/C12H16N2O2/c15-12-3-1-10(2-4-12)9-14-7-5-11(13-16)6-8-14/h1-4,15-16H,5-9H2. The number of rotatable bonds is 2. The first kappa shape index (κ1) is 11.0. The molecule has 4 heteroatoms. The van der Waals surface area contributed by atoms with Crippen LogP contribution in [0.25, 0.3) is 0 Å². The van der Waals surface area contributed by atoms with Crippen LogP contribution in [0.1, 0.15) is 18.4 Å². The molecule has 0 amide bonds. The highest BCUT2D eigenvalue weighted by Crippen LogP contribution is 2.14. The van der Waals surface area contributed by atoms with Crippen molar-refractivity contribution in [2.24, 2.45) is 5.16 Å². The third kappa shape index (κ3) is 2.73. The van der Waals surface area contributed by atoms with Gasteiger partial charge < -0.3 is 10.3 Å². The number of oxime groups is 1. The molecule has 1 aliphatic heterocycles. The van der Waals surface area contributed by atoms with Crippen LogP contribution in [0.2, 0.25) is 0 Å². The Morgan fingerprint density at radius 3 is 2.31 bits per heavy atom. The number of phenolic OH excluding ortho intramolecular Hbond substituents is 1. The van der Waals surface area contributed by atoms with Crippen molar-refractivity contribution in [1.29, 1.82) is 0 Å². The van der Waals surface area contributed by atoms with Crippen LogP contribution in [-0.4, -0.2) is 34.0 Å². The summed E-state index contributed by atoms with van der Waals surface area (Å²) in [4.78, 5) is 2.32. The van der Waals surface area contributed by atoms with Crippen molar-refractivity contribution in [2.75, 3.05) is 13.1 Å². The van der Waals surface area contributed by atoms with E-state index in [0.717, 1.165) is 38.2 Å². The first-order valence-corrected chi connectivity index (χ1v) is 5.48. The van der Waals surface area contributed by atoms with Crippen molar-refractivity contribution in [3.8, 4) is 5.75 Å². The lowest BCUT2D eigenvalue weighted by molar-refractivity contribution is 0.256. The average Bonchev–Trinajstić information content (AvgIpc) is 2.33. The normalized spacial score (nSPS) is 17.4. The van der Waals surface area contributed by atoms with Gasteiger partial charge in [-0.05, 0) is 17.7 Å². The van der Waals surface area contributed by atoms with Crippen molar-refractivity contribution < 1.29 is 10.3 Å². The monoisotopic (exact) mass is 220 g/mol. The molecule has 86 valence electrons. The number of likely N-dealkylation sites (tertiary alicyclic amines) is 1. The highest BCUT2D eigenvalue weighted by atomic mass is 16.4. The van der Waals surface area contributed by atoms with Crippen molar-refractivity contribution in [2.45, 2.75) is 19.4 Å². The molecule has 0 saturated carbocycles. The summed E-state index contributed by atoms with van der Waals surface area (Å²) in [6, 6.07) is 7.29. The molecule has 1 aliphatic rings. The van der Waals surface area contributed by atoms with Gasteiger partial charge in [-0.15, -0.1) is 0 Å². The Bertz CT molecular complexity index is 363. The number of piperidine rings is 1. The second-order valence-electron chi connectivity index (χ2n) is 4.11. The number of hydrogen-bond donors (Lipinski definition) is 2. The molecule has 1 fully saturated rings. The fourth-order valence-electron chi connectivity index (χ4n) is 1.93. The van der Waals surface area contributed by atoms with E-state index in [4.69, 9.17) is 5.21 Å². The minimum Gasteiger partial charge on any atom is -0.508 e. The molecule has 2 rings (SSSR count). The molecule has 2 N–H and O–H groups in total. The summed E-state index contributed by atoms with van der Waals surface area (Å²) >= 11 is 0. The third-order valence-corrected chi connectivity index (χ3v) is 2.92. The number of nitrogens with zero attached hydrogens (tertiary/aromatic N) is 2. The number of aromatic hydroxyl groups is 1. The van der Waals surface area contributed by atoms with Crippen LogP contribution in [0.3, 0.4) is 0 Å². The van der Waals surface area contributed by atoms with Crippen molar-refractivity contribution in [3.05, 3.63) is 29.8 Å². The molecule has 16 heavy (non-hydrogen) atoms. The molecule has 0 bridgehead atoms. The summed E-state index contributed by atoms with van der Waals surface area (Å²) in [6.07, 6.45) is 1.68. The predicted molar refractivity (Wildman–Crippen MR) is 61.8 cm³/mol. The van der Waals surface area contributed by atoms with E-state index >= 15 is 0 Å². The number of phenols is 1. The Morgan fingerprint density at radius 1 is 1.12 bits per heavy atom. The summed E-state index contributed by atoms with van der Waals surface area (Å²) in [6.45, 7) is 2.75. The Hall–Kier alpha value is -1.55. The van der Waals surface area contributed by atoms with Gasteiger partial charge in [0.25, 0.3) is 0 Å². The van der Waals surface area contributed by atoms with E-state index in [9.17, 15) is 5.11 Å². The van der Waals surface area contributed by atoms with E-state index in [0.29, 0.717) is 5.75 Å². The van der Waals surface area contributed by atoms with E-state index < -0.39 is 0 Å². The maximum Gasteiger partial charge on any atom is 0.115 e. The van der Waals surface area contributed by atoms with Crippen molar-refractivity contribution in [3.63, 3.8) is 0 Å². The van der Waals surface area contributed by atoms with Crippen LogP contribution in [0, 0.1) is 0 Å². The first-order valence-electron chi connectivity index (χ1n) is 5.48. The molecule has 1 heterocycles. The lowest BCUT2D eigenvalue weighted by Gasteiger charge is -2.26. The zero-order valence-electron chi connectivity index (χ0n) is 9.13. The maximum absolute atomic E-state index is 9.17. The van der Waals surface area contributed by atoms with Crippen LogP contribution < -0.4 is 0 Å². The Labute approximate surface area is 94.8 Å². The van der Waals surface area contributed by atoms with Crippen LogP contribution in [0.15, 0.2) is 29.4 Å². The molecule has 1 aromatic carbocycles. The minimum atomic E-state index is 0.303. The van der Waals surface area contributed by atoms with Gasteiger partial charge in [0.05, 0.1) is 5.71 Å². The fourth-order valence-corrected chi connectivity index (χ4v) is 1.93. The molecular formula is C12H16N2O2. The lowest BCUT2D eigenvalue weighted by atomic mass is 10.1. The van der Waals surface area contributed by atoms with Gasteiger partial charge in [-0.3, -0.25) is 4.90 Å². The van der Waals surface area contributed by atoms with Gasteiger partial charge in [-0.1, -0.05) is 17.3 Å². The predicted octanol–water partition coefficient (Wildman–Crippen LogP) is 1.82. The molecule has 0 aliphatic carbocycles. The highest BCUT2D eigenvalue weighted by molar-refractivity contribution is 5.84. The Balaban J connectivity index is 1.89. The molecule has 0 aromatic heterocycles. The molecule has 0 radical (unpaired) electrons. The van der Waals surface area contributed by atoms with Gasteiger partial charge in [0.1, 0.15) is 5.75 Å². The first-order chi connectivity index (χ1) is 7.78. The van der Waals surface area contributed by atoms with Gasteiger partial charge >= 0.3 is 0 Å². The van der Waals surface area contributed by atoms with E-state index in [-0.39, 0.29) is 0 Å². The summed E-state index contributed by atoms with van der Waals surface area (Å²) in [7, 11) is 0. The average molecular weight is 220 g/mol. The Morgan fingerprint density at radius 2 is 1.75 bits per heavy atom. The van der Waals surface area contributed by atoms with Crippen LogP contribution in [0.4, 0.5) is 0 Å². The Kier molecular flexibility index (Phi) is 3.41. The number of hydrogen-bond acceptors (Lipinski definition) is 4. The highest BCUT2D eigenvalue weighted by Gasteiger charge is 2.15. The van der Waals surface area contributed by atoms with E-state index in [1.165, 1.54) is 5.56 Å². The van der Waals surface area contributed by atoms with Crippen LogP contribution >= 0.6 is 0 Å². The number of benzene rings is 1. The zero-order valence-corrected chi connectivity index (χ0v) is 9.13. The zero-order chi connectivity index (χ0) is 11.4. The van der Waals surface area contributed by atoms with Gasteiger partial charge in [-0.2, -0.15) is 0 Å². The SMILES string of the molecule is ON=C1CCN(Cc2ccc(O)cc2)CC1. The molecule has 4 nitrogen and oxygen atoms in total. The maximum atomic E-state index is 9.17. The van der Waals surface area contributed by atoms with Gasteiger partial charge in [0.2, 0.25) is 0 Å². The van der Waals surface area contributed by atoms with E-state index in [1.807, 2.05) is 12.1 Å². The fraction of sp³-hybridized carbons (Fsp3) is 0.417. The molecule has 1 aromatic rings. The minimum absolute atomic E-state index is 0.303. The smallest absolute Gasteiger partial charge is 0.115 e. The second-order valence-corrected chi connectivity index (χ2v) is 4.11. The summed E-state index contributed by atoms with van der Waals surface area (Å²) in [5.74, 6) is 0.303. The summed E-state index contributed by atoms with van der Waals surface area (Å²) < 4.78 is 0. The largest absolute Gasteiger partial charge is 0.508 e. The molecule has 1 saturated heterocycles. The lowest BCUT2D eigenvalue weighted by Crippen LogP contribution is -2.33. The van der Waals surface area contributed by atoms with Crippen LogP contribution in [0.5, 0.6) is 5.75 Å². The van der Waals surface area contributed by atoms with Gasteiger partial charge in [0, 0.05) is 32.5 Å². The molecule has 0 unspecified atom stereocenters. The quantitative estimate of drug-likeness (QED) is 0.590.